The molecule has 0 aliphatic heterocycles. The molecule has 0 aromatic carbocycles. The fraction of sp³-hybridized carbons (Fsp3) is 0.800. The molecular weight excluding hydrogens is 147 g/mol. The molecule has 0 aliphatic carbocycles. The molecule has 0 radical (unpaired) electrons. The molecule has 1 N–H and O–H groups in total. The number of rotatable bonds is 2. The number of hydrogen-bond donors (Lipinski definition) is 1. The molecule has 0 fully saturated rings. The summed E-state index contributed by atoms with van der Waals surface area (Å²) in [6, 6.07) is 1.06. The van der Waals surface area contributed by atoms with Gasteiger partial charge in [-0.15, -0.1) is 0 Å². The third-order valence-corrected chi connectivity index (χ3v) is 0.969. The standard InChI is InChI=1S/C5H6F3NO/c6-5(7,8)4(3-9)1-2-10/h4,10H,1-2H2. The van der Waals surface area contributed by atoms with Crippen LogP contribution < -0.4 is 0 Å². The first-order chi connectivity index (χ1) is 4.52. The maximum atomic E-state index is 11.6. The average molecular weight is 153 g/mol. The Labute approximate surface area is 55.9 Å². The molecule has 5 heteroatoms. The fourth-order valence-electron chi connectivity index (χ4n) is 0.431. The minimum atomic E-state index is -4.50. The Bertz CT molecular complexity index is 137. The van der Waals surface area contributed by atoms with Gasteiger partial charge in [0.15, 0.2) is 0 Å². The molecule has 1 unspecified atom stereocenters. The number of aliphatic hydroxyl groups excluding tert-OH is 1. The highest BCUT2D eigenvalue weighted by atomic mass is 19.4. The van der Waals surface area contributed by atoms with Gasteiger partial charge < -0.3 is 5.11 Å². The molecule has 0 saturated heterocycles. The summed E-state index contributed by atoms with van der Waals surface area (Å²) in [5.41, 5.74) is 0. The molecule has 0 bridgehead atoms. The van der Waals surface area contributed by atoms with Gasteiger partial charge in [-0.05, 0) is 6.42 Å². The number of nitrogens with zero attached hydrogens (tertiary/aromatic N) is 1. The molecule has 58 valence electrons. The summed E-state index contributed by atoms with van der Waals surface area (Å²) >= 11 is 0. The van der Waals surface area contributed by atoms with Crippen molar-refractivity contribution in [3.05, 3.63) is 0 Å². The van der Waals surface area contributed by atoms with Gasteiger partial charge in [0.25, 0.3) is 0 Å². The van der Waals surface area contributed by atoms with E-state index in [1.54, 1.807) is 0 Å². The number of aliphatic hydroxyl groups is 1. The van der Waals surface area contributed by atoms with Crippen LogP contribution in [0.15, 0.2) is 0 Å². The maximum Gasteiger partial charge on any atom is 0.404 e. The van der Waals surface area contributed by atoms with E-state index in [0.29, 0.717) is 0 Å². The van der Waals surface area contributed by atoms with Gasteiger partial charge in [0.1, 0.15) is 5.92 Å². The van der Waals surface area contributed by atoms with Crippen LogP contribution in [0.25, 0.3) is 0 Å². The second-order valence-corrected chi connectivity index (χ2v) is 1.74. The zero-order valence-electron chi connectivity index (χ0n) is 5.02. The van der Waals surface area contributed by atoms with Crippen molar-refractivity contribution in [3.8, 4) is 6.07 Å². The molecule has 0 spiro atoms. The van der Waals surface area contributed by atoms with Gasteiger partial charge in [0.05, 0.1) is 6.07 Å². The third kappa shape index (κ3) is 2.69. The summed E-state index contributed by atoms with van der Waals surface area (Å²) < 4.78 is 34.7. The van der Waals surface area contributed by atoms with Crippen molar-refractivity contribution in [1.82, 2.24) is 0 Å². The average Bonchev–Trinajstić information content (AvgIpc) is 1.80. The zero-order valence-corrected chi connectivity index (χ0v) is 5.02. The fourth-order valence-corrected chi connectivity index (χ4v) is 0.431. The minimum Gasteiger partial charge on any atom is -0.396 e. The Kier molecular flexibility index (Phi) is 3.16. The van der Waals surface area contributed by atoms with E-state index in [1.807, 2.05) is 0 Å². The van der Waals surface area contributed by atoms with E-state index in [2.05, 4.69) is 0 Å². The Morgan fingerprint density at radius 2 is 2.00 bits per heavy atom. The summed E-state index contributed by atoms with van der Waals surface area (Å²) in [7, 11) is 0. The third-order valence-electron chi connectivity index (χ3n) is 0.969. The molecular formula is C5H6F3NO. The smallest absolute Gasteiger partial charge is 0.396 e. The van der Waals surface area contributed by atoms with E-state index in [9.17, 15) is 13.2 Å². The summed E-state index contributed by atoms with van der Waals surface area (Å²) in [6.07, 6.45) is -5.04. The predicted octanol–water partition coefficient (Wildman–Crippen LogP) is 1.07. The molecule has 0 aromatic rings. The highest BCUT2D eigenvalue weighted by Gasteiger charge is 2.39. The number of nitriles is 1. The molecule has 2 nitrogen and oxygen atoms in total. The van der Waals surface area contributed by atoms with Crippen LogP contribution in [0.2, 0.25) is 0 Å². The number of hydrogen-bond acceptors (Lipinski definition) is 2. The second-order valence-electron chi connectivity index (χ2n) is 1.74. The number of alkyl halides is 3. The Hall–Kier alpha value is -0.760. The van der Waals surface area contributed by atoms with Gasteiger partial charge >= 0.3 is 6.18 Å². The number of halogens is 3. The molecule has 0 amide bonds. The van der Waals surface area contributed by atoms with Crippen LogP contribution in [-0.4, -0.2) is 17.9 Å². The van der Waals surface area contributed by atoms with E-state index in [4.69, 9.17) is 10.4 Å². The normalized spacial score (nSPS) is 14.3. The van der Waals surface area contributed by atoms with Crippen LogP contribution in [0.4, 0.5) is 13.2 Å². The molecule has 0 aliphatic rings. The van der Waals surface area contributed by atoms with Crippen LogP contribution in [-0.2, 0) is 0 Å². The Balaban J connectivity index is 3.98. The van der Waals surface area contributed by atoms with Crippen molar-refractivity contribution in [2.24, 2.45) is 5.92 Å². The maximum absolute atomic E-state index is 11.6. The van der Waals surface area contributed by atoms with Crippen LogP contribution in [0.1, 0.15) is 6.42 Å². The van der Waals surface area contributed by atoms with Crippen molar-refractivity contribution >= 4 is 0 Å². The van der Waals surface area contributed by atoms with Crippen LogP contribution >= 0.6 is 0 Å². The van der Waals surface area contributed by atoms with E-state index in [1.165, 1.54) is 0 Å². The summed E-state index contributed by atoms with van der Waals surface area (Å²) in [5, 5.41) is 16.0. The lowest BCUT2D eigenvalue weighted by atomic mass is 10.1. The van der Waals surface area contributed by atoms with Crippen molar-refractivity contribution < 1.29 is 18.3 Å². The monoisotopic (exact) mass is 153 g/mol. The molecule has 1 atom stereocenters. The minimum absolute atomic E-state index is 0.542. The Morgan fingerprint density at radius 3 is 2.10 bits per heavy atom. The van der Waals surface area contributed by atoms with Gasteiger partial charge in [-0.2, -0.15) is 18.4 Å². The second kappa shape index (κ2) is 3.42. The van der Waals surface area contributed by atoms with Crippen LogP contribution in [0, 0.1) is 17.2 Å². The lowest BCUT2D eigenvalue weighted by Crippen LogP contribution is -2.22. The zero-order chi connectivity index (χ0) is 8.20. The Morgan fingerprint density at radius 1 is 1.50 bits per heavy atom. The van der Waals surface area contributed by atoms with E-state index in [0.717, 1.165) is 6.07 Å². The van der Waals surface area contributed by atoms with Gasteiger partial charge in [-0.1, -0.05) is 0 Å². The van der Waals surface area contributed by atoms with Crippen LogP contribution in [0.3, 0.4) is 0 Å². The first-order valence-corrected chi connectivity index (χ1v) is 2.59. The van der Waals surface area contributed by atoms with Gasteiger partial charge in [0, 0.05) is 6.61 Å². The first-order valence-electron chi connectivity index (χ1n) is 2.59. The molecule has 0 saturated carbocycles. The first kappa shape index (κ1) is 9.24. The lowest BCUT2D eigenvalue weighted by molar-refractivity contribution is -0.162. The van der Waals surface area contributed by atoms with E-state index >= 15 is 0 Å². The molecule has 0 heterocycles. The molecule has 0 rings (SSSR count). The van der Waals surface area contributed by atoms with Gasteiger partial charge in [-0.3, -0.25) is 0 Å². The van der Waals surface area contributed by atoms with Crippen LogP contribution in [0.5, 0.6) is 0 Å². The van der Waals surface area contributed by atoms with Crippen molar-refractivity contribution in [2.75, 3.05) is 6.61 Å². The van der Waals surface area contributed by atoms with Crippen molar-refractivity contribution in [1.29, 1.82) is 5.26 Å². The quantitative estimate of drug-likeness (QED) is 0.644. The largest absolute Gasteiger partial charge is 0.404 e. The van der Waals surface area contributed by atoms with E-state index < -0.39 is 25.1 Å². The summed E-state index contributed by atoms with van der Waals surface area (Å²) in [6.45, 7) is -0.613. The summed E-state index contributed by atoms with van der Waals surface area (Å²) in [4.78, 5) is 0. The highest BCUT2D eigenvalue weighted by molar-refractivity contribution is 4.87. The van der Waals surface area contributed by atoms with Crippen molar-refractivity contribution in [3.63, 3.8) is 0 Å². The predicted molar refractivity (Wildman–Crippen MR) is 26.9 cm³/mol. The van der Waals surface area contributed by atoms with Crippen molar-refractivity contribution in [2.45, 2.75) is 12.6 Å². The van der Waals surface area contributed by atoms with Gasteiger partial charge in [-0.25, -0.2) is 0 Å². The lowest BCUT2D eigenvalue weighted by Gasteiger charge is -2.10. The topological polar surface area (TPSA) is 44.0 Å². The van der Waals surface area contributed by atoms with Gasteiger partial charge in [0.2, 0.25) is 0 Å². The summed E-state index contributed by atoms with van der Waals surface area (Å²) in [5.74, 6) is -2.03. The SMILES string of the molecule is N#CC(CCO)C(F)(F)F. The highest BCUT2D eigenvalue weighted by Crippen LogP contribution is 2.27. The van der Waals surface area contributed by atoms with E-state index in [-0.39, 0.29) is 0 Å². The molecule has 10 heavy (non-hydrogen) atoms. The molecule has 0 aromatic heterocycles.